The van der Waals surface area contributed by atoms with E-state index in [1.165, 1.54) is 0 Å². The summed E-state index contributed by atoms with van der Waals surface area (Å²) in [7, 11) is 0. The lowest BCUT2D eigenvalue weighted by atomic mass is 10.2. The van der Waals surface area contributed by atoms with E-state index >= 15 is 0 Å². The Kier molecular flexibility index (Phi) is 6.05. The highest BCUT2D eigenvalue weighted by atomic mass is 35.5. The number of amides is 1. The minimum absolute atomic E-state index is 0.00950. The molecule has 0 unspecified atom stereocenters. The molecule has 0 heterocycles. The van der Waals surface area contributed by atoms with Crippen molar-refractivity contribution in [3.63, 3.8) is 0 Å². The van der Waals surface area contributed by atoms with Gasteiger partial charge in [0.1, 0.15) is 10.7 Å². The normalized spacial score (nSPS) is 10.1. The van der Waals surface area contributed by atoms with Crippen molar-refractivity contribution in [3.05, 3.63) is 28.8 Å². The van der Waals surface area contributed by atoms with E-state index in [9.17, 15) is 4.79 Å². The van der Waals surface area contributed by atoms with Crippen molar-refractivity contribution < 1.29 is 9.53 Å². The summed E-state index contributed by atoms with van der Waals surface area (Å²) in [5.41, 5.74) is 6.10. The number of thiocarbonyl (C=S) groups is 1. The molecular formula is C13H17ClN2O2S. The van der Waals surface area contributed by atoms with Crippen molar-refractivity contribution in [2.45, 2.75) is 13.8 Å². The quantitative estimate of drug-likeness (QED) is 0.819. The van der Waals surface area contributed by atoms with Gasteiger partial charge in [0.05, 0.1) is 5.02 Å². The van der Waals surface area contributed by atoms with E-state index in [1.807, 2.05) is 13.8 Å². The van der Waals surface area contributed by atoms with Gasteiger partial charge in [0.15, 0.2) is 6.61 Å². The molecule has 0 spiro atoms. The van der Waals surface area contributed by atoms with E-state index in [1.54, 1.807) is 23.1 Å². The third-order valence-corrected chi connectivity index (χ3v) is 3.22. The molecule has 1 aromatic rings. The number of likely N-dealkylation sites (N-methyl/N-ethyl adjacent to an activating group) is 1. The lowest BCUT2D eigenvalue weighted by Gasteiger charge is -2.18. The van der Waals surface area contributed by atoms with Crippen molar-refractivity contribution >= 4 is 34.7 Å². The van der Waals surface area contributed by atoms with Gasteiger partial charge in [0, 0.05) is 18.7 Å². The van der Waals surface area contributed by atoms with Gasteiger partial charge in [-0.05, 0) is 32.0 Å². The maximum atomic E-state index is 11.8. The van der Waals surface area contributed by atoms with Gasteiger partial charge < -0.3 is 15.4 Å². The summed E-state index contributed by atoms with van der Waals surface area (Å²) in [4.78, 5) is 13.7. The number of carbonyl (C=O) groups is 1. The van der Waals surface area contributed by atoms with Crippen LogP contribution in [-0.4, -0.2) is 35.5 Å². The van der Waals surface area contributed by atoms with Gasteiger partial charge in [-0.1, -0.05) is 23.8 Å². The fourth-order valence-electron chi connectivity index (χ4n) is 1.60. The lowest BCUT2D eigenvalue weighted by molar-refractivity contribution is -0.132. The number of benzene rings is 1. The molecule has 0 aromatic heterocycles. The second kappa shape index (κ2) is 7.31. The Balaban J connectivity index is 2.66. The molecule has 0 saturated heterocycles. The molecule has 0 saturated carbocycles. The lowest BCUT2D eigenvalue weighted by Crippen LogP contribution is -2.34. The number of nitrogens with zero attached hydrogens (tertiary/aromatic N) is 1. The number of hydrogen-bond acceptors (Lipinski definition) is 3. The van der Waals surface area contributed by atoms with Crippen molar-refractivity contribution in [1.82, 2.24) is 4.90 Å². The van der Waals surface area contributed by atoms with Crippen LogP contribution in [0.1, 0.15) is 19.4 Å². The molecule has 0 aliphatic rings. The van der Waals surface area contributed by atoms with Crippen LogP contribution >= 0.6 is 23.8 Å². The van der Waals surface area contributed by atoms with E-state index in [4.69, 9.17) is 34.3 Å². The molecule has 19 heavy (non-hydrogen) atoms. The van der Waals surface area contributed by atoms with Gasteiger partial charge in [-0.15, -0.1) is 0 Å². The number of halogens is 1. The first-order chi connectivity index (χ1) is 8.99. The van der Waals surface area contributed by atoms with Gasteiger partial charge in [0.25, 0.3) is 5.91 Å². The zero-order valence-corrected chi connectivity index (χ0v) is 12.6. The Bertz CT molecular complexity index is 476. The van der Waals surface area contributed by atoms with E-state index < -0.39 is 0 Å². The van der Waals surface area contributed by atoms with Crippen molar-refractivity contribution in [2.75, 3.05) is 19.7 Å². The summed E-state index contributed by atoms with van der Waals surface area (Å²) in [5.74, 6) is 0.463. The van der Waals surface area contributed by atoms with E-state index in [2.05, 4.69) is 0 Å². The fraction of sp³-hybridized carbons (Fsp3) is 0.385. The Morgan fingerprint density at radius 1 is 1.42 bits per heavy atom. The summed E-state index contributed by atoms with van der Waals surface area (Å²) < 4.78 is 5.41. The Morgan fingerprint density at radius 2 is 2.05 bits per heavy atom. The summed E-state index contributed by atoms with van der Waals surface area (Å²) in [6.07, 6.45) is 0. The van der Waals surface area contributed by atoms with Crippen LogP contribution in [0.4, 0.5) is 0 Å². The molecule has 0 fully saturated rings. The average molecular weight is 301 g/mol. The van der Waals surface area contributed by atoms with Gasteiger partial charge in [-0.2, -0.15) is 0 Å². The molecule has 0 aliphatic carbocycles. The first-order valence-corrected chi connectivity index (χ1v) is 6.78. The molecule has 0 radical (unpaired) electrons. The van der Waals surface area contributed by atoms with Crippen LogP contribution in [0, 0.1) is 0 Å². The predicted octanol–water partition coefficient (Wildman–Crippen LogP) is 2.22. The van der Waals surface area contributed by atoms with Crippen LogP contribution in [0.2, 0.25) is 5.02 Å². The standard InChI is InChI=1S/C13H17ClN2O2S/c1-3-16(4-2)12(17)8-18-9-5-6-10(13(15)19)11(14)7-9/h5-7H,3-4,8H2,1-2H3,(H2,15,19). The largest absolute Gasteiger partial charge is 0.484 e. The Hall–Kier alpha value is -1.33. The van der Waals surface area contributed by atoms with Crippen molar-refractivity contribution in [2.24, 2.45) is 5.73 Å². The SMILES string of the molecule is CCN(CC)C(=O)COc1ccc(C(N)=S)c(Cl)c1. The van der Waals surface area contributed by atoms with Crippen LogP contribution in [0.25, 0.3) is 0 Å². The number of nitrogens with two attached hydrogens (primary N) is 1. The molecule has 4 nitrogen and oxygen atoms in total. The van der Waals surface area contributed by atoms with Crippen LogP contribution in [0.5, 0.6) is 5.75 Å². The molecule has 0 bridgehead atoms. The minimum atomic E-state index is -0.0560. The van der Waals surface area contributed by atoms with Crippen LogP contribution in [-0.2, 0) is 4.79 Å². The predicted molar refractivity (Wildman–Crippen MR) is 80.8 cm³/mol. The monoisotopic (exact) mass is 300 g/mol. The molecule has 1 aromatic carbocycles. The Morgan fingerprint density at radius 3 is 2.53 bits per heavy atom. The topological polar surface area (TPSA) is 55.6 Å². The van der Waals surface area contributed by atoms with Crippen LogP contribution in [0.15, 0.2) is 18.2 Å². The van der Waals surface area contributed by atoms with Crippen molar-refractivity contribution in [1.29, 1.82) is 0 Å². The third-order valence-electron chi connectivity index (χ3n) is 2.68. The van der Waals surface area contributed by atoms with Crippen LogP contribution < -0.4 is 10.5 Å². The van der Waals surface area contributed by atoms with Gasteiger partial charge >= 0.3 is 0 Å². The highest BCUT2D eigenvalue weighted by Gasteiger charge is 2.11. The number of carbonyl (C=O) groups excluding carboxylic acids is 1. The molecular weight excluding hydrogens is 284 g/mol. The molecule has 2 N–H and O–H groups in total. The van der Waals surface area contributed by atoms with Crippen LogP contribution in [0.3, 0.4) is 0 Å². The highest BCUT2D eigenvalue weighted by molar-refractivity contribution is 7.80. The first kappa shape index (κ1) is 15.7. The summed E-state index contributed by atoms with van der Waals surface area (Å²) >= 11 is 10.9. The second-order valence-electron chi connectivity index (χ2n) is 3.86. The van der Waals surface area contributed by atoms with E-state index in [0.29, 0.717) is 29.4 Å². The molecule has 0 atom stereocenters. The third kappa shape index (κ3) is 4.36. The zero-order chi connectivity index (χ0) is 14.4. The molecule has 1 amide bonds. The molecule has 6 heteroatoms. The number of rotatable bonds is 6. The average Bonchev–Trinajstić information content (AvgIpc) is 2.37. The molecule has 104 valence electrons. The van der Waals surface area contributed by atoms with Crippen molar-refractivity contribution in [3.8, 4) is 5.75 Å². The molecule has 1 rings (SSSR count). The van der Waals surface area contributed by atoms with E-state index in [-0.39, 0.29) is 17.5 Å². The second-order valence-corrected chi connectivity index (χ2v) is 4.71. The Labute approximate surface area is 123 Å². The highest BCUT2D eigenvalue weighted by Crippen LogP contribution is 2.22. The summed E-state index contributed by atoms with van der Waals surface area (Å²) in [6, 6.07) is 4.98. The summed E-state index contributed by atoms with van der Waals surface area (Å²) in [5, 5.41) is 0.417. The fourth-order valence-corrected chi connectivity index (χ4v) is 2.10. The zero-order valence-electron chi connectivity index (χ0n) is 11.0. The maximum absolute atomic E-state index is 11.8. The first-order valence-electron chi connectivity index (χ1n) is 5.99. The van der Waals surface area contributed by atoms with Gasteiger partial charge in [0.2, 0.25) is 0 Å². The van der Waals surface area contributed by atoms with Gasteiger partial charge in [-0.25, -0.2) is 0 Å². The number of hydrogen-bond donors (Lipinski definition) is 1. The number of ether oxygens (including phenoxy) is 1. The maximum Gasteiger partial charge on any atom is 0.260 e. The van der Waals surface area contributed by atoms with Gasteiger partial charge in [-0.3, -0.25) is 4.79 Å². The summed E-state index contributed by atoms with van der Waals surface area (Å²) in [6.45, 7) is 5.18. The van der Waals surface area contributed by atoms with E-state index in [0.717, 1.165) is 0 Å². The minimum Gasteiger partial charge on any atom is -0.484 e. The molecule has 0 aliphatic heterocycles. The smallest absolute Gasteiger partial charge is 0.260 e.